The van der Waals surface area contributed by atoms with Crippen LogP contribution in [-0.2, 0) is 0 Å². The maximum atomic E-state index is 6.49. The van der Waals surface area contributed by atoms with Crippen molar-refractivity contribution in [2.75, 3.05) is 4.90 Å². The van der Waals surface area contributed by atoms with E-state index in [1.165, 1.54) is 48.9 Å². The molecule has 0 amide bonds. The van der Waals surface area contributed by atoms with Crippen molar-refractivity contribution in [1.82, 2.24) is 4.57 Å². The molecule has 304 valence electrons. The highest BCUT2D eigenvalue weighted by atomic mass is 16.3. The van der Waals surface area contributed by atoms with Crippen molar-refractivity contribution in [3.05, 3.63) is 243 Å². The third-order valence-corrected chi connectivity index (χ3v) is 13.2. The predicted molar refractivity (Wildman–Crippen MR) is 274 cm³/mol. The SMILES string of the molecule is c1cc(-c2ccccc2-n2c3ccccc3c3ccccc32)cc(N(c2ccc(-c3cccc4c3oc3ccccc34)cc2)c2cccc(-c3cc4ccccc4c4ccccc34)c2)c1. The first-order chi connectivity index (χ1) is 32.2. The molecule has 65 heavy (non-hydrogen) atoms. The number of anilines is 3. The van der Waals surface area contributed by atoms with Crippen molar-refractivity contribution in [3.63, 3.8) is 0 Å². The van der Waals surface area contributed by atoms with Gasteiger partial charge in [0.15, 0.2) is 0 Å². The zero-order valence-corrected chi connectivity index (χ0v) is 35.4. The summed E-state index contributed by atoms with van der Waals surface area (Å²) in [5, 5.41) is 9.74. The van der Waals surface area contributed by atoms with Crippen LogP contribution in [0.1, 0.15) is 0 Å². The molecule has 2 heterocycles. The summed E-state index contributed by atoms with van der Waals surface area (Å²) in [6.07, 6.45) is 0. The average Bonchev–Trinajstić information content (AvgIpc) is 3.93. The highest BCUT2D eigenvalue weighted by Crippen LogP contribution is 2.44. The number of para-hydroxylation sites is 5. The van der Waals surface area contributed by atoms with E-state index in [0.717, 1.165) is 72.5 Å². The van der Waals surface area contributed by atoms with Crippen LogP contribution in [-0.4, -0.2) is 4.57 Å². The van der Waals surface area contributed by atoms with Gasteiger partial charge >= 0.3 is 0 Å². The van der Waals surface area contributed by atoms with Crippen LogP contribution in [0.4, 0.5) is 17.1 Å². The van der Waals surface area contributed by atoms with Gasteiger partial charge in [-0.1, -0.05) is 176 Å². The Labute approximate surface area is 376 Å². The maximum Gasteiger partial charge on any atom is 0.143 e. The highest BCUT2D eigenvalue weighted by molar-refractivity contribution is 6.14. The summed E-state index contributed by atoms with van der Waals surface area (Å²) < 4.78 is 8.91. The van der Waals surface area contributed by atoms with Crippen LogP contribution in [0, 0.1) is 0 Å². The van der Waals surface area contributed by atoms with E-state index in [0.29, 0.717) is 0 Å². The molecule has 0 saturated carbocycles. The zero-order chi connectivity index (χ0) is 42.8. The van der Waals surface area contributed by atoms with E-state index in [1.807, 2.05) is 12.1 Å². The second-order valence-electron chi connectivity index (χ2n) is 16.8. The lowest BCUT2D eigenvalue weighted by Crippen LogP contribution is -2.10. The molecule has 0 radical (unpaired) electrons. The second kappa shape index (κ2) is 15.0. The van der Waals surface area contributed by atoms with Gasteiger partial charge in [-0.15, -0.1) is 0 Å². The normalized spacial score (nSPS) is 11.7. The molecule has 13 rings (SSSR count). The Bertz CT molecular complexity index is 3910. The zero-order valence-electron chi connectivity index (χ0n) is 35.4. The smallest absolute Gasteiger partial charge is 0.143 e. The van der Waals surface area contributed by atoms with E-state index in [2.05, 4.69) is 240 Å². The molecule has 0 saturated heterocycles. The monoisotopic (exact) mass is 828 g/mol. The van der Waals surface area contributed by atoms with Gasteiger partial charge in [-0.3, -0.25) is 0 Å². The number of benzene rings is 11. The Hall–Kier alpha value is -8.66. The molecule has 3 nitrogen and oxygen atoms in total. The van der Waals surface area contributed by atoms with Gasteiger partial charge in [-0.2, -0.15) is 0 Å². The van der Waals surface area contributed by atoms with Gasteiger partial charge in [0.05, 0.1) is 16.7 Å². The molecule has 0 spiro atoms. The predicted octanol–water partition coefficient (Wildman–Crippen LogP) is 17.5. The first-order valence-corrected chi connectivity index (χ1v) is 22.2. The van der Waals surface area contributed by atoms with Crippen LogP contribution in [0.2, 0.25) is 0 Å². The minimum absolute atomic E-state index is 0.899. The number of fused-ring (bicyclic) bond motifs is 9. The minimum Gasteiger partial charge on any atom is -0.455 e. The average molecular weight is 829 g/mol. The number of nitrogens with zero attached hydrogens (tertiary/aromatic N) is 2. The summed E-state index contributed by atoms with van der Waals surface area (Å²) in [5.74, 6) is 0. The summed E-state index contributed by atoms with van der Waals surface area (Å²) in [4.78, 5) is 2.39. The molecule has 0 unspecified atom stereocenters. The van der Waals surface area contributed by atoms with Crippen molar-refractivity contribution < 1.29 is 4.42 Å². The molecule has 0 aliphatic rings. The van der Waals surface area contributed by atoms with E-state index in [4.69, 9.17) is 4.42 Å². The van der Waals surface area contributed by atoms with E-state index < -0.39 is 0 Å². The lowest BCUT2D eigenvalue weighted by molar-refractivity contribution is 0.670. The fourth-order valence-electron chi connectivity index (χ4n) is 10.2. The topological polar surface area (TPSA) is 21.3 Å². The second-order valence-corrected chi connectivity index (χ2v) is 16.8. The molecule has 0 aliphatic heterocycles. The summed E-state index contributed by atoms with van der Waals surface area (Å²) in [6.45, 7) is 0. The fraction of sp³-hybridized carbons (Fsp3) is 0. The van der Waals surface area contributed by atoms with Gasteiger partial charge in [0.25, 0.3) is 0 Å². The Morgan fingerprint density at radius 3 is 1.58 bits per heavy atom. The maximum absolute atomic E-state index is 6.49. The number of aromatic nitrogens is 1. The molecule has 13 aromatic rings. The Balaban J connectivity index is 0.984. The molecule has 11 aromatic carbocycles. The van der Waals surface area contributed by atoms with Crippen LogP contribution in [0.15, 0.2) is 247 Å². The van der Waals surface area contributed by atoms with Crippen molar-refractivity contribution >= 4 is 82.4 Å². The lowest BCUT2D eigenvalue weighted by Gasteiger charge is -2.27. The van der Waals surface area contributed by atoms with Crippen molar-refractivity contribution in [1.29, 1.82) is 0 Å². The standard InChI is InChI=1S/C62H40N2O/c1-2-21-48-44(16-1)40-57(52-24-4-3-23-51(48)52)43-18-14-20-47(39-43)63(45-36-34-41(35-37-45)50-28-15-29-56-55-27-8-12-33-61(55)65-62(50)56)46-19-13-17-42(38-46)49-22-5-9-30-58(49)64-59-31-10-6-25-53(59)54-26-7-11-32-60(54)64/h1-40H. The molecule has 0 bridgehead atoms. The van der Waals surface area contributed by atoms with Gasteiger partial charge in [0.1, 0.15) is 11.2 Å². The van der Waals surface area contributed by atoms with E-state index in [-0.39, 0.29) is 0 Å². The van der Waals surface area contributed by atoms with Gasteiger partial charge in [0.2, 0.25) is 0 Å². The van der Waals surface area contributed by atoms with Gasteiger partial charge in [-0.05, 0) is 111 Å². The van der Waals surface area contributed by atoms with Crippen LogP contribution in [0.5, 0.6) is 0 Å². The highest BCUT2D eigenvalue weighted by Gasteiger charge is 2.20. The number of furan rings is 1. The van der Waals surface area contributed by atoms with Crippen LogP contribution in [0.3, 0.4) is 0 Å². The Morgan fingerprint density at radius 2 is 0.846 bits per heavy atom. The fourth-order valence-corrected chi connectivity index (χ4v) is 10.2. The third-order valence-electron chi connectivity index (χ3n) is 13.2. The van der Waals surface area contributed by atoms with E-state index >= 15 is 0 Å². The van der Waals surface area contributed by atoms with Crippen molar-refractivity contribution in [3.8, 4) is 39.1 Å². The summed E-state index contributed by atoms with van der Waals surface area (Å²) in [7, 11) is 0. The first-order valence-electron chi connectivity index (χ1n) is 22.2. The van der Waals surface area contributed by atoms with E-state index in [1.54, 1.807) is 0 Å². The van der Waals surface area contributed by atoms with Gasteiger partial charge in [0, 0.05) is 49.7 Å². The molecule has 3 heteroatoms. The molecule has 0 fully saturated rings. The Kier molecular flexibility index (Phi) is 8.53. The number of hydrogen-bond donors (Lipinski definition) is 0. The van der Waals surface area contributed by atoms with Crippen LogP contribution >= 0.6 is 0 Å². The van der Waals surface area contributed by atoms with Crippen molar-refractivity contribution in [2.45, 2.75) is 0 Å². The number of hydrogen-bond acceptors (Lipinski definition) is 2. The quantitative estimate of drug-likeness (QED) is 0.149. The Morgan fingerprint density at radius 1 is 0.308 bits per heavy atom. The van der Waals surface area contributed by atoms with Gasteiger partial charge < -0.3 is 13.9 Å². The molecule has 2 aromatic heterocycles. The summed E-state index contributed by atoms with van der Waals surface area (Å²) in [6, 6.07) is 87.8. The molecule has 0 N–H and O–H groups in total. The third kappa shape index (κ3) is 6.05. The molecular formula is C62H40N2O. The first kappa shape index (κ1) is 36.9. The number of rotatable bonds is 7. The molecule has 0 aliphatic carbocycles. The van der Waals surface area contributed by atoms with Gasteiger partial charge in [-0.25, -0.2) is 0 Å². The molecule has 0 atom stereocenters. The summed E-state index contributed by atoms with van der Waals surface area (Å²) in [5.41, 5.74) is 15.4. The van der Waals surface area contributed by atoms with Crippen molar-refractivity contribution in [2.24, 2.45) is 0 Å². The van der Waals surface area contributed by atoms with Crippen LogP contribution in [0.25, 0.3) is 104 Å². The largest absolute Gasteiger partial charge is 0.455 e. The van der Waals surface area contributed by atoms with E-state index in [9.17, 15) is 0 Å². The lowest BCUT2D eigenvalue weighted by atomic mass is 9.93. The summed E-state index contributed by atoms with van der Waals surface area (Å²) >= 11 is 0. The molecular weight excluding hydrogens is 789 g/mol. The minimum atomic E-state index is 0.899. The van der Waals surface area contributed by atoms with Crippen LogP contribution < -0.4 is 4.90 Å².